The van der Waals surface area contributed by atoms with Crippen LogP contribution in [0.3, 0.4) is 0 Å². The summed E-state index contributed by atoms with van der Waals surface area (Å²) in [6.07, 6.45) is 10.4. The van der Waals surface area contributed by atoms with Crippen LogP contribution in [0.25, 0.3) is 0 Å². The molecule has 0 aliphatic heterocycles. The lowest BCUT2D eigenvalue weighted by Crippen LogP contribution is -1.96. The van der Waals surface area contributed by atoms with E-state index in [1.54, 1.807) is 0 Å². The molecule has 0 rings (SSSR count). The van der Waals surface area contributed by atoms with Gasteiger partial charge in [-0.15, -0.1) is 0 Å². The van der Waals surface area contributed by atoms with Gasteiger partial charge in [0.25, 0.3) is 0 Å². The highest BCUT2D eigenvalue weighted by Gasteiger charge is 1.74. The summed E-state index contributed by atoms with van der Waals surface area (Å²) in [5.41, 5.74) is 5.29. The Kier molecular flexibility index (Phi) is 6.98. The summed E-state index contributed by atoms with van der Waals surface area (Å²) < 4.78 is 0. The Labute approximate surface area is 57.3 Å². The molecular formula is C8H15N. The molecule has 0 aromatic carbocycles. The predicted molar refractivity (Wildman–Crippen MR) is 42.2 cm³/mol. The highest BCUT2D eigenvalue weighted by molar-refractivity contribution is 5.00. The van der Waals surface area contributed by atoms with Crippen molar-refractivity contribution < 1.29 is 0 Å². The van der Waals surface area contributed by atoms with Crippen LogP contribution in [0, 0.1) is 0 Å². The van der Waals surface area contributed by atoms with E-state index in [1.807, 2.05) is 19.1 Å². The van der Waals surface area contributed by atoms with E-state index in [0.29, 0.717) is 0 Å². The van der Waals surface area contributed by atoms with E-state index in [9.17, 15) is 0 Å². The van der Waals surface area contributed by atoms with Crippen molar-refractivity contribution in [3.8, 4) is 0 Å². The molecule has 0 unspecified atom stereocenters. The van der Waals surface area contributed by atoms with Crippen LogP contribution in [-0.2, 0) is 0 Å². The van der Waals surface area contributed by atoms with Crippen LogP contribution in [0.4, 0.5) is 0 Å². The second-order valence-corrected chi connectivity index (χ2v) is 1.88. The highest BCUT2D eigenvalue weighted by Crippen LogP contribution is 1.87. The molecule has 0 aromatic rings. The summed E-state index contributed by atoms with van der Waals surface area (Å²) in [6, 6.07) is 0. The first-order valence-corrected chi connectivity index (χ1v) is 3.39. The van der Waals surface area contributed by atoms with Gasteiger partial charge in [-0.1, -0.05) is 24.3 Å². The summed E-state index contributed by atoms with van der Waals surface area (Å²) in [5, 5.41) is 0. The van der Waals surface area contributed by atoms with Crippen molar-refractivity contribution in [2.24, 2.45) is 5.73 Å². The minimum atomic E-state index is 0.792. The molecule has 0 saturated carbocycles. The van der Waals surface area contributed by atoms with Gasteiger partial charge in [0, 0.05) is 0 Å². The van der Waals surface area contributed by atoms with Gasteiger partial charge in [-0.05, 0) is 26.3 Å². The van der Waals surface area contributed by atoms with Gasteiger partial charge in [-0.3, -0.25) is 0 Å². The maximum Gasteiger partial charge on any atom is -0.00743 e. The van der Waals surface area contributed by atoms with Crippen LogP contribution < -0.4 is 5.73 Å². The predicted octanol–water partition coefficient (Wildman–Crippen LogP) is 1.86. The van der Waals surface area contributed by atoms with Gasteiger partial charge in [0.15, 0.2) is 0 Å². The Morgan fingerprint density at radius 3 is 2.67 bits per heavy atom. The quantitative estimate of drug-likeness (QED) is 0.450. The molecule has 0 radical (unpaired) electrons. The molecule has 0 aromatic heterocycles. The molecular weight excluding hydrogens is 110 g/mol. The normalized spacial score (nSPS) is 11.8. The van der Waals surface area contributed by atoms with Crippen LogP contribution in [-0.4, -0.2) is 6.54 Å². The van der Waals surface area contributed by atoms with Crippen molar-refractivity contribution in [2.45, 2.75) is 19.8 Å². The molecule has 0 aliphatic rings. The minimum absolute atomic E-state index is 0.792. The molecule has 1 nitrogen and oxygen atoms in total. The number of nitrogens with two attached hydrogens (primary N) is 1. The standard InChI is InChI=1S/C8H15N/c1-2-3-4-5-6-7-8-9/h2-5H,6-9H2,1H3. The van der Waals surface area contributed by atoms with E-state index >= 15 is 0 Å². The van der Waals surface area contributed by atoms with Crippen molar-refractivity contribution in [1.82, 2.24) is 0 Å². The molecule has 0 heterocycles. The van der Waals surface area contributed by atoms with E-state index in [0.717, 1.165) is 19.4 Å². The van der Waals surface area contributed by atoms with Gasteiger partial charge in [-0.2, -0.15) is 0 Å². The zero-order chi connectivity index (χ0) is 6.95. The van der Waals surface area contributed by atoms with Crippen LogP contribution >= 0.6 is 0 Å². The lowest BCUT2D eigenvalue weighted by atomic mass is 10.3. The van der Waals surface area contributed by atoms with E-state index < -0.39 is 0 Å². The van der Waals surface area contributed by atoms with E-state index in [-0.39, 0.29) is 0 Å². The first-order chi connectivity index (χ1) is 4.41. The molecule has 0 fully saturated rings. The van der Waals surface area contributed by atoms with Crippen molar-refractivity contribution in [2.75, 3.05) is 6.54 Å². The Bertz CT molecular complexity index is 92.7. The van der Waals surface area contributed by atoms with E-state index in [2.05, 4.69) is 12.2 Å². The summed E-state index contributed by atoms with van der Waals surface area (Å²) in [5.74, 6) is 0. The minimum Gasteiger partial charge on any atom is -0.330 e. The largest absolute Gasteiger partial charge is 0.330 e. The Balaban J connectivity index is 3.04. The second kappa shape index (κ2) is 7.44. The fraction of sp³-hybridized carbons (Fsp3) is 0.500. The molecule has 9 heavy (non-hydrogen) atoms. The van der Waals surface area contributed by atoms with Gasteiger partial charge in [-0.25, -0.2) is 0 Å². The zero-order valence-electron chi connectivity index (χ0n) is 6.01. The summed E-state index contributed by atoms with van der Waals surface area (Å²) in [7, 11) is 0. The van der Waals surface area contributed by atoms with Gasteiger partial charge < -0.3 is 5.73 Å². The number of hydrogen-bond acceptors (Lipinski definition) is 1. The number of hydrogen-bond donors (Lipinski definition) is 1. The van der Waals surface area contributed by atoms with Crippen LogP contribution in [0.1, 0.15) is 19.8 Å². The Hall–Kier alpha value is -0.560. The molecule has 52 valence electrons. The highest BCUT2D eigenvalue weighted by atomic mass is 14.5. The fourth-order valence-electron chi connectivity index (χ4n) is 0.522. The van der Waals surface area contributed by atoms with Crippen LogP contribution in [0.15, 0.2) is 24.3 Å². The van der Waals surface area contributed by atoms with Crippen LogP contribution in [0.5, 0.6) is 0 Å². The molecule has 0 saturated heterocycles. The molecule has 0 spiro atoms. The van der Waals surface area contributed by atoms with Crippen molar-refractivity contribution >= 4 is 0 Å². The van der Waals surface area contributed by atoms with Gasteiger partial charge >= 0.3 is 0 Å². The van der Waals surface area contributed by atoms with Crippen molar-refractivity contribution in [3.63, 3.8) is 0 Å². The van der Waals surface area contributed by atoms with E-state index in [4.69, 9.17) is 5.73 Å². The topological polar surface area (TPSA) is 26.0 Å². The number of allylic oxidation sites excluding steroid dienone is 4. The summed E-state index contributed by atoms with van der Waals surface area (Å²) in [4.78, 5) is 0. The fourth-order valence-corrected chi connectivity index (χ4v) is 0.522. The smallest absolute Gasteiger partial charge is 0.00743 e. The Morgan fingerprint density at radius 2 is 2.11 bits per heavy atom. The number of unbranched alkanes of at least 4 members (excludes halogenated alkanes) is 1. The number of rotatable bonds is 4. The SMILES string of the molecule is CC=CC=CCCCN. The Morgan fingerprint density at radius 1 is 1.33 bits per heavy atom. The molecule has 1 heteroatoms. The second-order valence-electron chi connectivity index (χ2n) is 1.88. The maximum atomic E-state index is 5.29. The monoisotopic (exact) mass is 125 g/mol. The third-order valence-corrected chi connectivity index (χ3v) is 1.01. The van der Waals surface area contributed by atoms with Crippen molar-refractivity contribution in [3.05, 3.63) is 24.3 Å². The molecule has 0 aliphatic carbocycles. The van der Waals surface area contributed by atoms with Gasteiger partial charge in [0.05, 0.1) is 0 Å². The first kappa shape index (κ1) is 8.44. The summed E-state index contributed by atoms with van der Waals surface area (Å²) in [6.45, 7) is 2.80. The van der Waals surface area contributed by atoms with E-state index in [1.165, 1.54) is 0 Å². The van der Waals surface area contributed by atoms with Gasteiger partial charge in [0.1, 0.15) is 0 Å². The molecule has 0 atom stereocenters. The molecule has 0 bridgehead atoms. The average Bonchev–Trinajstić information content (AvgIpc) is 1.89. The van der Waals surface area contributed by atoms with Gasteiger partial charge in [0.2, 0.25) is 0 Å². The maximum absolute atomic E-state index is 5.29. The molecule has 0 amide bonds. The molecule has 2 N–H and O–H groups in total. The average molecular weight is 125 g/mol. The zero-order valence-corrected chi connectivity index (χ0v) is 6.01. The lowest BCUT2D eigenvalue weighted by molar-refractivity contribution is 0.855. The lowest BCUT2D eigenvalue weighted by Gasteiger charge is -1.85. The third kappa shape index (κ3) is 7.44. The first-order valence-electron chi connectivity index (χ1n) is 3.39. The van der Waals surface area contributed by atoms with Crippen molar-refractivity contribution in [1.29, 1.82) is 0 Å². The third-order valence-electron chi connectivity index (χ3n) is 1.01. The van der Waals surface area contributed by atoms with Crippen LogP contribution in [0.2, 0.25) is 0 Å². The summed E-state index contributed by atoms with van der Waals surface area (Å²) >= 11 is 0.